The lowest BCUT2D eigenvalue weighted by molar-refractivity contribution is 0.247. The summed E-state index contributed by atoms with van der Waals surface area (Å²) in [6, 6.07) is 0.452. The van der Waals surface area contributed by atoms with Gasteiger partial charge in [-0.25, -0.2) is 0 Å². The molecule has 0 radical (unpaired) electrons. The topological polar surface area (TPSA) is 26.0 Å². The van der Waals surface area contributed by atoms with E-state index in [0.717, 1.165) is 17.6 Å². The largest absolute Gasteiger partial charge is 0.327 e. The molecule has 0 spiro atoms. The molecule has 0 saturated heterocycles. The molecular weight excluding hydrogens is 178 g/mol. The zero-order chi connectivity index (χ0) is 9.68. The Balaban J connectivity index is 2.23. The average molecular weight is 201 g/mol. The lowest BCUT2D eigenvalue weighted by atomic mass is 9.78. The maximum absolute atomic E-state index is 6.13. The van der Waals surface area contributed by atoms with Gasteiger partial charge in [0, 0.05) is 11.8 Å². The van der Waals surface area contributed by atoms with E-state index in [9.17, 15) is 0 Å². The molecule has 0 amide bonds. The second-order valence-corrected chi connectivity index (χ2v) is 5.22. The van der Waals surface area contributed by atoms with Gasteiger partial charge in [-0.2, -0.15) is 11.8 Å². The van der Waals surface area contributed by atoms with Crippen molar-refractivity contribution in [3.8, 4) is 0 Å². The van der Waals surface area contributed by atoms with Gasteiger partial charge in [0.15, 0.2) is 0 Å². The van der Waals surface area contributed by atoms with Crippen molar-refractivity contribution in [1.82, 2.24) is 0 Å². The van der Waals surface area contributed by atoms with Crippen LogP contribution in [-0.4, -0.2) is 18.1 Å². The van der Waals surface area contributed by atoms with Gasteiger partial charge in [0.2, 0.25) is 0 Å². The van der Waals surface area contributed by atoms with Gasteiger partial charge >= 0.3 is 0 Å². The van der Waals surface area contributed by atoms with Crippen molar-refractivity contribution < 1.29 is 0 Å². The normalized spacial score (nSPS) is 31.6. The van der Waals surface area contributed by atoms with Gasteiger partial charge in [-0.1, -0.05) is 26.2 Å². The van der Waals surface area contributed by atoms with Crippen molar-refractivity contribution in [2.75, 3.05) is 12.0 Å². The molecule has 1 aliphatic carbocycles. The number of hydrogen-bond donors (Lipinski definition) is 1. The Hall–Kier alpha value is 0.310. The van der Waals surface area contributed by atoms with Crippen LogP contribution in [0.5, 0.6) is 0 Å². The van der Waals surface area contributed by atoms with E-state index in [0.29, 0.717) is 6.04 Å². The molecule has 0 bridgehead atoms. The van der Waals surface area contributed by atoms with Crippen molar-refractivity contribution in [2.45, 2.75) is 45.1 Å². The second kappa shape index (κ2) is 5.92. The highest BCUT2D eigenvalue weighted by atomic mass is 32.2. The summed E-state index contributed by atoms with van der Waals surface area (Å²) in [6.07, 6.45) is 9.11. The van der Waals surface area contributed by atoms with Crippen LogP contribution >= 0.6 is 11.8 Å². The van der Waals surface area contributed by atoms with Gasteiger partial charge in [0.25, 0.3) is 0 Å². The number of hydrogen-bond acceptors (Lipinski definition) is 2. The molecular formula is C11H23NS. The highest BCUT2D eigenvalue weighted by Gasteiger charge is 2.24. The summed E-state index contributed by atoms with van der Waals surface area (Å²) in [5.41, 5.74) is 6.13. The maximum Gasteiger partial charge on any atom is 0.0158 e. The van der Waals surface area contributed by atoms with Gasteiger partial charge in [-0.05, 0) is 30.9 Å². The van der Waals surface area contributed by atoms with Crippen LogP contribution in [0.3, 0.4) is 0 Å². The van der Waals surface area contributed by atoms with E-state index < -0.39 is 0 Å². The molecule has 1 unspecified atom stereocenters. The third kappa shape index (κ3) is 3.51. The summed E-state index contributed by atoms with van der Waals surface area (Å²) in [4.78, 5) is 0. The fraction of sp³-hybridized carbons (Fsp3) is 1.00. The molecule has 0 aromatic carbocycles. The molecule has 1 saturated carbocycles. The van der Waals surface area contributed by atoms with Crippen molar-refractivity contribution >= 4 is 11.8 Å². The monoisotopic (exact) mass is 201 g/mol. The summed E-state index contributed by atoms with van der Waals surface area (Å²) >= 11 is 1.88. The molecule has 1 atom stereocenters. The summed E-state index contributed by atoms with van der Waals surface area (Å²) < 4.78 is 0. The van der Waals surface area contributed by atoms with Gasteiger partial charge in [0.1, 0.15) is 0 Å². The Labute approximate surface area is 86.8 Å². The first kappa shape index (κ1) is 11.4. The number of rotatable bonds is 4. The lowest BCUT2D eigenvalue weighted by Gasteiger charge is -2.31. The van der Waals surface area contributed by atoms with Crippen molar-refractivity contribution in [2.24, 2.45) is 17.6 Å². The van der Waals surface area contributed by atoms with E-state index in [2.05, 4.69) is 13.2 Å². The third-order valence-electron chi connectivity index (χ3n) is 3.43. The SMILES string of the molecule is CCC1CCC(C(N)CSC)CC1. The van der Waals surface area contributed by atoms with Crippen molar-refractivity contribution in [1.29, 1.82) is 0 Å². The molecule has 2 N–H and O–H groups in total. The van der Waals surface area contributed by atoms with E-state index in [1.165, 1.54) is 32.1 Å². The van der Waals surface area contributed by atoms with Gasteiger partial charge in [-0.15, -0.1) is 0 Å². The highest BCUT2D eigenvalue weighted by Crippen LogP contribution is 2.32. The molecule has 1 rings (SSSR count). The van der Waals surface area contributed by atoms with Crippen LogP contribution in [-0.2, 0) is 0 Å². The van der Waals surface area contributed by atoms with E-state index in [1.54, 1.807) is 0 Å². The molecule has 78 valence electrons. The maximum atomic E-state index is 6.13. The molecule has 2 heteroatoms. The summed E-state index contributed by atoms with van der Waals surface area (Å²) in [6.45, 7) is 2.31. The van der Waals surface area contributed by atoms with Crippen LogP contribution in [0.25, 0.3) is 0 Å². The molecule has 0 heterocycles. The van der Waals surface area contributed by atoms with E-state index in [-0.39, 0.29) is 0 Å². The summed E-state index contributed by atoms with van der Waals surface area (Å²) in [7, 11) is 0. The molecule has 0 aromatic rings. The van der Waals surface area contributed by atoms with E-state index in [4.69, 9.17) is 5.73 Å². The minimum Gasteiger partial charge on any atom is -0.327 e. The fourth-order valence-electron chi connectivity index (χ4n) is 2.35. The average Bonchev–Trinajstić information content (AvgIpc) is 2.18. The van der Waals surface area contributed by atoms with Gasteiger partial charge < -0.3 is 5.73 Å². The molecule has 1 aliphatic rings. The smallest absolute Gasteiger partial charge is 0.0158 e. The third-order valence-corrected chi connectivity index (χ3v) is 4.15. The van der Waals surface area contributed by atoms with Crippen LogP contribution in [0.4, 0.5) is 0 Å². The van der Waals surface area contributed by atoms with E-state index >= 15 is 0 Å². The van der Waals surface area contributed by atoms with Gasteiger partial charge in [-0.3, -0.25) is 0 Å². The minimum absolute atomic E-state index is 0.452. The predicted octanol–water partition coefficient (Wildman–Crippen LogP) is 2.89. The molecule has 1 nitrogen and oxygen atoms in total. The molecule has 13 heavy (non-hydrogen) atoms. The Bertz CT molecular complexity index is 130. The zero-order valence-corrected chi connectivity index (χ0v) is 9.78. The Morgan fingerprint density at radius 2 is 1.92 bits per heavy atom. The highest BCUT2D eigenvalue weighted by molar-refractivity contribution is 7.98. The Morgan fingerprint density at radius 3 is 2.38 bits per heavy atom. The van der Waals surface area contributed by atoms with Crippen molar-refractivity contribution in [3.05, 3.63) is 0 Å². The van der Waals surface area contributed by atoms with E-state index in [1.807, 2.05) is 11.8 Å². The summed E-state index contributed by atoms with van der Waals surface area (Å²) in [5.74, 6) is 2.95. The molecule has 0 aliphatic heterocycles. The lowest BCUT2D eigenvalue weighted by Crippen LogP contribution is -2.35. The minimum atomic E-state index is 0.452. The first-order chi connectivity index (χ1) is 6.27. The standard InChI is InChI=1S/C11H23NS/c1-3-9-4-6-10(7-5-9)11(12)8-13-2/h9-11H,3-8,12H2,1-2H3. The number of thioether (sulfide) groups is 1. The molecule has 0 aromatic heterocycles. The van der Waals surface area contributed by atoms with Crippen LogP contribution in [0.15, 0.2) is 0 Å². The Morgan fingerprint density at radius 1 is 1.31 bits per heavy atom. The first-order valence-corrected chi connectivity index (χ1v) is 6.91. The van der Waals surface area contributed by atoms with Crippen LogP contribution < -0.4 is 5.73 Å². The van der Waals surface area contributed by atoms with Crippen LogP contribution in [0, 0.1) is 11.8 Å². The first-order valence-electron chi connectivity index (χ1n) is 5.52. The quantitative estimate of drug-likeness (QED) is 0.757. The Kier molecular flexibility index (Phi) is 5.18. The summed E-state index contributed by atoms with van der Waals surface area (Å²) in [5, 5.41) is 0. The van der Waals surface area contributed by atoms with Crippen LogP contribution in [0.2, 0.25) is 0 Å². The van der Waals surface area contributed by atoms with Crippen molar-refractivity contribution in [3.63, 3.8) is 0 Å². The number of nitrogens with two attached hydrogens (primary N) is 1. The zero-order valence-electron chi connectivity index (χ0n) is 8.96. The van der Waals surface area contributed by atoms with Gasteiger partial charge in [0.05, 0.1) is 0 Å². The fourth-order valence-corrected chi connectivity index (χ4v) is 3.01. The predicted molar refractivity (Wildman–Crippen MR) is 62.1 cm³/mol. The van der Waals surface area contributed by atoms with Crippen LogP contribution in [0.1, 0.15) is 39.0 Å². The second-order valence-electron chi connectivity index (χ2n) is 4.31. The molecule has 1 fully saturated rings.